The highest BCUT2D eigenvalue weighted by Crippen LogP contribution is 2.17. The summed E-state index contributed by atoms with van der Waals surface area (Å²) >= 11 is 0. The highest BCUT2D eigenvalue weighted by molar-refractivity contribution is 6.45. The molecule has 2 rings (SSSR count). The van der Waals surface area contributed by atoms with Crippen molar-refractivity contribution < 1.29 is 4.79 Å². The van der Waals surface area contributed by atoms with E-state index in [4.69, 9.17) is 5.41 Å². The number of amides is 1. The van der Waals surface area contributed by atoms with Crippen molar-refractivity contribution in [3.8, 4) is 0 Å². The van der Waals surface area contributed by atoms with Crippen molar-refractivity contribution in [3.63, 3.8) is 0 Å². The molecule has 1 atom stereocenters. The number of anilines is 2. The summed E-state index contributed by atoms with van der Waals surface area (Å²) in [4.78, 5) is 16.8. The van der Waals surface area contributed by atoms with E-state index >= 15 is 0 Å². The summed E-state index contributed by atoms with van der Waals surface area (Å²) in [6.45, 7) is 6.82. The van der Waals surface area contributed by atoms with Gasteiger partial charge in [0.05, 0.1) is 0 Å². The van der Waals surface area contributed by atoms with Crippen LogP contribution in [0.15, 0.2) is 12.1 Å². The maximum Gasteiger partial charge on any atom is 0.270 e. The topological polar surface area (TPSA) is 102 Å². The molecule has 0 spiro atoms. The van der Waals surface area contributed by atoms with Gasteiger partial charge in [-0.2, -0.15) is 0 Å². The molecule has 132 valence electrons. The summed E-state index contributed by atoms with van der Waals surface area (Å²) in [5.41, 5.74) is 0.446. The van der Waals surface area contributed by atoms with Crippen molar-refractivity contribution in [1.82, 2.24) is 15.6 Å². The normalized spacial score (nSPS) is 17.4. The highest BCUT2D eigenvalue weighted by Gasteiger charge is 2.21. The molecule has 0 bridgehead atoms. The Morgan fingerprint density at radius 1 is 1.46 bits per heavy atom. The zero-order valence-electron chi connectivity index (χ0n) is 14.7. The van der Waals surface area contributed by atoms with Gasteiger partial charge in [0.1, 0.15) is 17.3 Å². The molecule has 0 saturated carbocycles. The maximum atomic E-state index is 12.3. The van der Waals surface area contributed by atoms with E-state index in [0.717, 1.165) is 38.3 Å². The van der Waals surface area contributed by atoms with Crippen LogP contribution in [-0.2, 0) is 4.79 Å². The summed E-state index contributed by atoms with van der Waals surface area (Å²) in [6, 6.07) is 3.66. The van der Waals surface area contributed by atoms with E-state index in [1.54, 1.807) is 13.1 Å². The molecule has 1 aliphatic heterocycles. The number of aromatic nitrogens is 1. The lowest BCUT2D eigenvalue weighted by Crippen LogP contribution is -2.47. The summed E-state index contributed by atoms with van der Waals surface area (Å²) < 4.78 is 0. The fourth-order valence-electron chi connectivity index (χ4n) is 2.61. The number of hydrogen-bond donors (Lipinski definition) is 5. The van der Waals surface area contributed by atoms with Gasteiger partial charge in [-0.05, 0) is 37.4 Å². The fourth-order valence-corrected chi connectivity index (χ4v) is 2.61. The van der Waals surface area contributed by atoms with E-state index in [1.807, 2.05) is 6.07 Å². The lowest BCUT2D eigenvalue weighted by molar-refractivity contribution is -0.115. The summed E-state index contributed by atoms with van der Waals surface area (Å²) in [5.74, 6) is 1.43. The average Bonchev–Trinajstić information content (AvgIpc) is 2.59. The standard InChI is InChI=1S/C17H28N6O/c1-11(2)9-21-14-7-6-13(16(19-3)23-14)15(18)17(24)22-12-5-4-8-20-10-12/h6-7,11-12,18,20H,4-5,8-10H2,1-3H3,(H,22,24)(H2,19,21,23). The van der Waals surface area contributed by atoms with Gasteiger partial charge in [-0.25, -0.2) is 4.98 Å². The first kappa shape index (κ1) is 18.2. The molecule has 0 radical (unpaired) electrons. The third-order valence-electron chi connectivity index (χ3n) is 3.95. The van der Waals surface area contributed by atoms with E-state index in [9.17, 15) is 4.79 Å². The van der Waals surface area contributed by atoms with E-state index in [1.165, 1.54) is 0 Å². The van der Waals surface area contributed by atoms with Gasteiger partial charge in [0.2, 0.25) is 0 Å². The molecule has 0 aromatic carbocycles. The monoisotopic (exact) mass is 332 g/mol. The number of carbonyl (C=O) groups excluding carboxylic acids is 1. The van der Waals surface area contributed by atoms with E-state index < -0.39 is 0 Å². The third-order valence-corrected chi connectivity index (χ3v) is 3.95. The molecular formula is C17H28N6O. The molecule has 1 unspecified atom stereocenters. The number of nitrogens with zero attached hydrogens (tertiary/aromatic N) is 1. The van der Waals surface area contributed by atoms with Gasteiger partial charge in [-0.15, -0.1) is 0 Å². The minimum atomic E-state index is -0.357. The molecule has 0 aliphatic carbocycles. The molecular weight excluding hydrogens is 304 g/mol. The van der Waals surface area contributed by atoms with Gasteiger partial charge in [-0.3, -0.25) is 10.2 Å². The largest absolute Gasteiger partial charge is 0.373 e. The fraction of sp³-hybridized carbons (Fsp3) is 0.588. The summed E-state index contributed by atoms with van der Waals surface area (Å²) in [5, 5.41) is 20.6. The Morgan fingerprint density at radius 3 is 2.88 bits per heavy atom. The van der Waals surface area contributed by atoms with Crippen LogP contribution in [0.2, 0.25) is 0 Å². The van der Waals surface area contributed by atoms with E-state index in [-0.39, 0.29) is 17.7 Å². The first-order valence-electron chi connectivity index (χ1n) is 8.54. The maximum absolute atomic E-state index is 12.3. The van der Waals surface area contributed by atoms with E-state index in [2.05, 4.69) is 40.1 Å². The van der Waals surface area contributed by atoms with Crippen LogP contribution in [0.1, 0.15) is 32.3 Å². The Kier molecular flexibility index (Phi) is 6.54. The lowest BCUT2D eigenvalue weighted by Gasteiger charge is -2.24. The minimum absolute atomic E-state index is 0.0622. The van der Waals surface area contributed by atoms with Crippen LogP contribution in [0.25, 0.3) is 0 Å². The van der Waals surface area contributed by atoms with Crippen LogP contribution in [0.4, 0.5) is 11.6 Å². The predicted octanol–water partition coefficient (Wildman–Crippen LogP) is 1.43. The summed E-state index contributed by atoms with van der Waals surface area (Å²) in [7, 11) is 1.74. The van der Waals surface area contributed by atoms with Crippen LogP contribution in [-0.4, -0.2) is 49.3 Å². The Morgan fingerprint density at radius 2 is 2.25 bits per heavy atom. The van der Waals surface area contributed by atoms with Gasteiger partial charge in [-0.1, -0.05) is 13.8 Å². The number of hydrogen-bond acceptors (Lipinski definition) is 6. The SMILES string of the molecule is CNc1nc(NCC(C)C)ccc1C(=N)C(=O)NC1CCCNC1. The molecule has 1 saturated heterocycles. The Hall–Kier alpha value is -2.15. The van der Waals surface area contributed by atoms with Crippen molar-refractivity contribution in [2.24, 2.45) is 5.92 Å². The second-order valence-electron chi connectivity index (χ2n) is 6.51. The Labute approximate surface area is 143 Å². The second kappa shape index (κ2) is 8.63. The molecule has 1 amide bonds. The van der Waals surface area contributed by atoms with E-state index in [0.29, 0.717) is 17.3 Å². The molecule has 2 heterocycles. The average molecular weight is 332 g/mol. The van der Waals surface area contributed by atoms with Crippen molar-refractivity contribution in [2.45, 2.75) is 32.7 Å². The van der Waals surface area contributed by atoms with Crippen LogP contribution in [0.3, 0.4) is 0 Å². The number of pyridine rings is 1. The van der Waals surface area contributed by atoms with Gasteiger partial charge < -0.3 is 21.3 Å². The second-order valence-corrected chi connectivity index (χ2v) is 6.51. The van der Waals surface area contributed by atoms with Crippen molar-refractivity contribution >= 4 is 23.3 Å². The summed E-state index contributed by atoms with van der Waals surface area (Å²) in [6.07, 6.45) is 1.99. The Bertz CT molecular complexity index is 580. The number of rotatable bonds is 7. The highest BCUT2D eigenvalue weighted by atomic mass is 16.1. The number of carbonyl (C=O) groups is 1. The zero-order valence-corrected chi connectivity index (χ0v) is 14.7. The molecule has 7 nitrogen and oxygen atoms in total. The van der Waals surface area contributed by atoms with Crippen LogP contribution >= 0.6 is 0 Å². The van der Waals surface area contributed by atoms with Gasteiger partial charge in [0, 0.05) is 31.7 Å². The minimum Gasteiger partial charge on any atom is -0.373 e. The molecule has 1 aromatic heterocycles. The molecule has 1 fully saturated rings. The zero-order chi connectivity index (χ0) is 17.5. The first-order chi connectivity index (χ1) is 11.5. The van der Waals surface area contributed by atoms with Crippen molar-refractivity contribution in [1.29, 1.82) is 5.41 Å². The van der Waals surface area contributed by atoms with Crippen molar-refractivity contribution in [2.75, 3.05) is 37.3 Å². The smallest absolute Gasteiger partial charge is 0.270 e. The number of piperidine rings is 1. The number of nitrogens with one attached hydrogen (secondary N) is 5. The van der Waals surface area contributed by atoms with Gasteiger partial charge in [0.25, 0.3) is 5.91 Å². The van der Waals surface area contributed by atoms with Crippen LogP contribution in [0.5, 0.6) is 0 Å². The molecule has 7 heteroatoms. The van der Waals surface area contributed by atoms with Crippen LogP contribution in [0, 0.1) is 11.3 Å². The third kappa shape index (κ3) is 4.92. The lowest BCUT2D eigenvalue weighted by atomic mass is 10.1. The van der Waals surface area contributed by atoms with Crippen LogP contribution < -0.4 is 21.3 Å². The first-order valence-corrected chi connectivity index (χ1v) is 8.54. The molecule has 1 aliphatic rings. The molecule has 1 aromatic rings. The quantitative estimate of drug-likeness (QED) is 0.486. The predicted molar refractivity (Wildman–Crippen MR) is 98.0 cm³/mol. The van der Waals surface area contributed by atoms with Gasteiger partial charge >= 0.3 is 0 Å². The Balaban J connectivity index is 2.05. The molecule has 5 N–H and O–H groups in total. The van der Waals surface area contributed by atoms with Gasteiger partial charge in [0.15, 0.2) is 0 Å². The molecule has 24 heavy (non-hydrogen) atoms. The van der Waals surface area contributed by atoms with Crippen molar-refractivity contribution in [3.05, 3.63) is 17.7 Å².